The van der Waals surface area contributed by atoms with E-state index >= 15 is 0 Å². The number of aromatic hydroxyl groups is 1. The average molecular weight is 429 g/mol. The lowest BCUT2D eigenvalue weighted by molar-refractivity contribution is 0.0954. The molecule has 2 N–H and O–H groups in total. The Bertz CT molecular complexity index is 735. The Morgan fingerprint density at radius 2 is 2.09 bits per heavy atom. The molecule has 0 aliphatic heterocycles. The van der Waals surface area contributed by atoms with Gasteiger partial charge < -0.3 is 9.84 Å². The third kappa shape index (κ3) is 4.05. The number of amides is 1. The molecule has 2 aromatic rings. The molecule has 0 aliphatic carbocycles. The first-order valence-corrected chi connectivity index (χ1v) is 7.60. The van der Waals surface area contributed by atoms with E-state index in [-0.39, 0.29) is 5.75 Å². The lowest BCUT2D eigenvalue weighted by Crippen LogP contribution is -2.17. The van der Waals surface area contributed by atoms with Crippen molar-refractivity contribution in [3.05, 3.63) is 50.7 Å². The molecule has 22 heavy (non-hydrogen) atoms. The van der Waals surface area contributed by atoms with Crippen LogP contribution < -0.4 is 10.2 Å². The number of rotatable bonds is 4. The maximum atomic E-state index is 11.9. The van der Waals surface area contributed by atoms with Gasteiger partial charge in [-0.3, -0.25) is 9.78 Å². The number of carbonyl (C=O) groups excluding carboxylic acids is 1. The van der Waals surface area contributed by atoms with Crippen LogP contribution in [0.15, 0.2) is 44.6 Å². The predicted molar refractivity (Wildman–Crippen MR) is 89.4 cm³/mol. The molecule has 0 spiro atoms. The summed E-state index contributed by atoms with van der Waals surface area (Å²) in [6.45, 7) is 0. The highest BCUT2D eigenvalue weighted by molar-refractivity contribution is 9.10. The number of nitrogens with one attached hydrogen (secondary N) is 1. The molecule has 2 rings (SSSR count). The first-order valence-electron chi connectivity index (χ1n) is 6.01. The number of nitrogens with zero attached hydrogens (tertiary/aromatic N) is 2. The van der Waals surface area contributed by atoms with Crippen LogP contribution in [0.25, 0.3) is 0 Å². The van der Waals surface area contributed by atoms with Crippen molar-refractivity contribution in [1.82, 2.24) is 10.4 Å². The second-order valence-corrected chi connectivity index (χ2v) is 5.97. The highest BCUT2D eigenvalue weighted by Gasteiger charge is 2.09. The van der Waals surface area contributed by atoms with Gasteiger partial charge in [0.15, 0.2) is 11.5 Å². The summed E-state index contributed by atoms with van der Waals surface area (Å²) in [7, 11) is 1.45. The lowest BCUT2D eigenvalue weighted by Gasteiger charge is -2.06. The smallest absolute Gasteiger partial charge is 0.272 e. The zero-order valence-corrected chi connectivity index (χ0v) is 14.6. The molecule has 1 aromatic heterocycles. The first kappa shape index (κ1) is 16.4. The molecule has 1 amide bonds. The quantitative estimate of drug-likeness (QED) is 0.578. The number of phenols is 1. The summed E-state index contributed by atoms with van der Waals surface area (Å²) in [6.07, 6.45) is 4.33. The van der Waals surface area contributed by atoms with Gasteiger partial charge in [0.2, 0.25) is 0 Å². The minimum atomic E-state index is -0.411. The van der Waals surface area contributed by atoms with E-state index in [1.807, 2.05) is 0 Å². The van der Waals surface area contributed by atoms with Gasteiger partial charge in [-0.1, -0.05) is 15.9 Å². The molecular formula is C14H11Br2N3O3. The molecule has 1 aromatic carbocycles. The first-order chi connectivity index (χ1) is 10.5. The molecule has 114 valence electrons. The van der Waals surface area contributed by atoms with Crippen LogP contribution in [0.3, 0.4) is 0 Å². The number of halogens is 2. The third-order valence-electron chi connectivity index (χ3n) is 2.63. The maximum absolute atomic E-state index is 11.9. The van der Waals surface area contributed by atoms with Gasteiger partial charge in [0.1, 0.15) is 0 Å². The largest absolute Gasteiger partial charge is 0.504 e. The summed E-state index contributed by atoms with van der Waals surface area (Å²) < 4.78 is 6.44. The standard InChI is InChI=1S/C14H11Br2N3O3/c1-22-12-4-10(15)2-8(13(12)20)6-18-19-14(21)9-3-11(16)7-17-5-9/h2-7,20H,1H3,(H,19,21)/b18-6-. The number of benzene rings is 1. The van der Waals surface area contributed by atoms with Gasteiger partial charge in [0.05, 0.1) is 18.9 Å². The van der Waals surface area contributed by atoms with E-state index in [0.717, 1.165) is 0 Å². The second kappa shape index (κ2) is 7.37. The Morgan fingerprint density at radius 3 is 2.77 bits per heavy atom. The summed E-state index contributed by atoms with van der Waals surface area (Å²) in [4.78, 5) is 15.8. The number of aromatic nitrogens is 1. The van der Waals surface area contributed by atoms with Crippen LogP contribution in [0.5, 0.6) is 11.5 Å². The lowest BCUT2D eigenvalue weighted by atomic mass is 10.2. The van der Waals surface area contributed by atoms with Crippen LogP contribution in [0, 0.1) is 0 Å². The van der Waals surface area contributed by atoms with E-state index in [4.69, 9.17) is 4.74 Å². The number of methoxy groups -OCH3 is 1. The minimum Gasteiger partial charge on any atom is -0.504 e. The fraction of sp³-hybridized carbons (Fsp3) is 0.0714. The van der Waals surface area contributed by atoms with Gasteiger partial charge in [-0.25, -0.2) is 5.43 Å². The zero-order chi connectivity index (χ0) is 16.1. The molecule has 0 bridgehead atoms. The minimum absolute atomic E-state index is 0.0622. The number of carbonyl (C=O) groups is 1. The molecule has 0 saturated heterocycles. The van der Waals surface area contributed by atoms with Crippen LogP contribution in [-0.2, 0) is 0 Å². The molecule has 0 aliphatic rings. The van der Waals surface area contributed by atoms with Crippen molar-refractivity contribution in [2.24, 2.45) is 5.10 Å². The number of hydrazone groups is 1. The molecule has 0 atom stereocenters. The van der Waals surface area contributed by atoms with Gasteiger partial charge in [-0.15, -0.1) is 0 Å². The van der Waals surface area contributed by atoms with Gasteiger partial charge in [-0.05, 0) is 34.1 Å². The van der Waals surface area contributed by atoms with Gasteiger partial charge in [-0.2, -0.15) is 5.10 Å². The Balaban J connectivity index is 2.13. The molecule has 8 heteroatoms. The fourth-order valence-electron chi connectivity index (χ4n) is 1.61. The van der Waals surface area contributed by atoms with Crippen molar-refractivity contribution >= 4 is 44.0 Å². The van der Waals surface area contributed by atoms with Crippen molar-refractivity contribution in [3.63, 3.8) is 0 Å². The van der Waals surface area contributed by atoms with Gasteiger partial charge in [0, 0.05) is 26.9 Å². The predicted octanol–water partition coefficient (Wildman–Crippen LogP) is 3.08. The highest BCUT2D eigenvalue weighted by Crippen LogP contribution is 2.32. The topological polar surface area (TPSA) is 83.8 Å². The molecular weight excluding hydrogens is 418 g/mol. The summed E-state index contributed by atoms with van der Waals surface area (Å²) in [5.41, 5.74) is 3.13. The molecule has 1 heterocycles. The van der Waals surface area contributed by atoms with Crippen molar-refractivity contribution in [2.45, 2.75) is 0 Å². The SMILES string of the molecule is COc1cc(Br)cc(/C=N\NC(=O)c2cncc(Br)c2)c1O. The summed E-state index contributed by atoms with van der Waals surface area (Å²) >= 11 is 6.54. The number of ether oxygens (including phenoxy) is 1. The van der Waals surface area contributed by atoms with Crippen LogP contribution >= 0.6 is 31.9 Å². The fourth-order valence-corrected chi connectivity index (χ4v) is 2.43. The van der Waals surface area contributed by atoms with Crippen molar-refractivity contribution in [3.8, 4) is 11.5 Å². The Kier molecular flexibility index (Phi) is 5.51. The van der Waals surface area contributed by atoms with Crippen molar-refractivity contribution < 1.29 is 14.6 Å². The van der Waals surface area contributed by atoms with Crippen molar-refractivity contribution in [2.75, 3.05) is 7.11 Å². The van der Waals surface area contributed by atoms with E-state index < -0.39 is 5.91 Å². The van der Waals surface area contributed by atoms with E-state index in [9.17, 15) is 9.90 Å². The Hall–Kier alpha value is -1.93. The van der Waals surface area contributed by atoms with E-state index in [2.05, 4.69) is 47.4 Å². The van der Waals surface area contributed by atoms with Crippen LogP contribution in [0.1, 0.15) is 15.9 Å². The van der Waals surface area contributed by atoms with E-state index in [1.54, 1.807) is 24.4 Å². The van der Waals surface area contributed by atoms with Crippen LogP contribution in [0.4, 0.5) is 0 Å². The Morgan fingerprint density at radius 1 is 1.32 bits per heavy atom. The number of phenolic OH excluding ortho intramolecular Hbond substituents is 1. The van der Waals surface area contributed by atoms with Gasteiger partial charge in [0.25, 0.3) is 5.91 Å². The van der Waals surface area contributed by atoms with E-state index in [1.165, 1.54) is 19.5 Å². The molecule has 6 nitrogen and oxygen atoms in total. The summed E-state index contributed by atoms with van der Waals surface area (Å²) in [5, 5.41) is 13.8. The number of pyridine rings is 1. The average Bonchev–Trinajstić information content (AvgIpc) is 2.50. The van der Waals surface area contributed by atoms with Crippen LogP contribution in [-0.4, -0.2) is 29.3 Å². The number of hydrogen-bond acceptors (Lipinski definition) is 5. The third-order valence-corrected chi connectivity index (χ3v) is 3.52. The maximum Gasteiger partial charge on any atom is 0.272 e. The molecule has 0 saturated carbocycles. The second-order valence-electron chi connectivity index (χ2n) is 4.14. The zero-order valence-electron chi connectivity index (χ0n) is 11.4. The molecule has 0 fully saturated rings. The Labute approximate surface area is 143 Å². The van der Waals surface area contributed by atoms with Crippen LogP contribution in [0.2, 0.25) is 0 Å². The number of hydrogen-bond donors (Lipinski definition) is 2. The molecule has 0 unspecified atom stereocenters. The normalized spacial score (nSPS) is 10.7. The van der Waals surface area contributed by atoms with Crippen molar-refractivity contribution in [1.29, 1.82) is 0 Å². The highest BCUT2D eigenvalue weighted by atomic mass is 79.9. The summed E-state index contributed by atoms with van der Waals surface area (Å²) in [5.74, 6) is -0.169. The molecule has 0 radical (unpaired) electrons. The summed E-state index contributed by atoms with van der Waals surface area (Å²) in [6, 6.07) is 4.89. The monoisotopic (exact) mass is 427 g/mol. The van der Waals surface area contributed by atoms with E-state index in [0.29, 0.717) is 25.8 Å². The van der Waals surface area contributed by atoms with Gasteiger partial charge >= 0.3 is 0 Å².